The Hall–Kier alpha value is -4.29. The topological polar surface area (TPSA) is 171 Å². The molecule has 5 atom stereocenters. The van der Waals surface area contributed by atoms with Gasteiger partial charge in [-0.3, -0.25) is 9.59 Å². The van der Waals surface area contributed by atoms with Crippen molar-refractivity contribution in [2.75, 3.05) is 0 Å². The van der Waals surface area contributed by atoms with E-state index < -0.39 is 41.3 Å². The van der Waals surface area contributed by atoms with E-state index in [0.717, 1.165) is 22.2 Å². The van der Waals surface area contributed by atoms with E-state index in [9.17, 15) is 19.2 Å². The highest BCUT2D eigenvalue weighted by Crippen LogP contribution is 2.39. The largest absolute Gasteiger partial charge is 0.445 e. The van der Waals surface area contributed by atoms with Crippen LogP contribution in [0.2, 0.25) is 10.0 Å². The Morgan fingerprint density at radius 3 is 2.46 bits per heavy atom. The van der Waals surface area contributed by atoms with Gasteiger partial charge in [0.25, 0.3) is 0 Å². The van der Waals surface area contributed by atoms with Gasteiger partial charge in [-0.05, 0) is 47.9 Å². The maximum Gasteiger partial charge on any atom is 0.434 e. The van der Waals surface area contributed by atoms with E-state index in [2.05, 4.69) is 31.1 Å². The number of aromatic amines is 2. The lowest BCUT2D eigenvalue weighted by Gasteiger charge is -2.39. The number of fused-ring (bicyclic) bond motifs is 3. The highest BCUT2D eigenvalue weighted by molar-refractivity contribution is 6.38. The average molecular weight is 700 g/mol. The fourth-order valence-electron chi connectivity index (χ4n) is 6.07. The number of halogens is 2. The molecule has 5 rings (SSSR count). The zero-order valence-electron chi connectivity index (χ0n) is 27.2. The van der Waals surface area contributed by atoms with E-state index in [0.29, 0.717) is 34.8 Å². The summed E-state index contributed by atoms with van der Waals surface area (Å²) in [5.74, 6) is -2.22. The van der Waals surface area contributed by atoms with Crippen LogP contribution in [0.25, 0.3) is 10.9 Å². The number of benzene rings is 2. The van der Waals surface area contributed by atoms with Crippen molar-refractivity contribution in [2.24, 2.45) is 11.8 Å². The van der Waals surface area contributed by atoms with Crippen molar-refractivity contribution < 1.29 is 23.5 Å². The summed E-state index contributed by atoms with van der Waals surface area (Å²) < 4.78 is 10.7. The van der Waals surface area contributed by atoms with Crippen LogP contribution in [-0.2, 0) is 33.8 Å². The molecule has 0 spiro atoms. The first-order valence-electron chi connectivity index (χ1n) is 16.1. The van der Waals surface area contributed by atoms with Crippen molar-refractivity contribution >= 4 is 52.0 Å². The Kier molecular flexibility index (Phi) is 10.8. The van der Waals surface area contributed by atoms with Gasteiger partial charge in [-0.15, -0.1) is 5.10 Å². The maximum atomic E-state index is 14.6. The third-order valence-electron chi connectivity index (χ3n) is 9.30. The number of ether oxygens (including phenoxy) is 1. The number of carbonyl (C=O) groups excluding carboxylic acids is 3. The number of carbonyl (C=O) groups is 3. The first-order valence-corrected chi connectivity index (χ1v) is 16.8. The Labute approximate surface area is 287 Å². The third kappa shape index (κ3) is 7.55. The van der Waals surface area contributed by atoms with E-state index in [1.165, 1.54) is 0 Å². The van der Waals surface area contributed by atoms with Crippen LogP contribution >= 0.6 is 23.2 Å². The van der Waals surface area contributed by atoms with Crippen molar-refractivity contribution in [3.8, 4) is 0 Å². The van der Waals surface area contributed by atoms with Gasteiger partial charge in [0, 0.05) is 22.5 Å². The molecule has 0 saturated carbocycles. The Bertz CT molecular complexity index is 1840. The SMILES string of the molecule is CCC(C)C(NC(=O)OCc1ccccc1)C(=O)N[C@]1(C(=O)N[C@H](c2n[nH]c(=O)o2)[C@@H](C)CC)CCc2[nH]c3c(Cl)cc(Cl)cc3c2C1. The molecule has 4 aromatic rings. The number of nitrogens with one attached hydrogen (secondary N) is 5. The minimum Gasteiger partial charge on any atom is -0.445 e. The summed E-state index contributed by atoms with van der Waals surface area (Å²) in [4.78, 5) is 56.9. The second kappa shape index (κ2) is 14.9. The standard InChI is InChI=1S/C34H40Cl2N6O6/c1-5-18(3)26(39-32(45)47-17-20-10-8-7-9-11-20)29(43)40-34(31(44)38-27(19(4)6-2)30-41-42-33(46)48-30)13-12-25-23(16-34)22-14-21(35)15-24(36)28(22)37-25/h7-11,14-15,18-19,26-27,37H,5-6,12-13,16-17H2,1-4H3,(H,38,44)(H,39,45)(H,40,43)(H,42,46)/t18?,19-,26?,27-,34+/m0/s1. The predicted molar refractivity (Wildman–Crippen MR) is 182 cm³/mol. The molecule has 0 aliphatic heterocycles. The number of hydrogen-bond donors (Lipinski definition) is 5. The number of alkyl carbamates (subject to hydrolysis) is 1. The zero-order chi connectivity index (χ0) is 34.6. The molecule has 1 aliphatic carbocycles. The quantitative estimate of drug-likeness (QED) is 0.126. The van der Waals surface area contributed by atoms with Crippen LogP contribution in [0.4, 0.5) is 4.79 Å². The molecule has 0 fully saturated rings. The molecule has 2 aromatic carbocycles. The van der Waals surface area contributed by atoms with Gasteiger partial charge >= 0.3 is 11.8 Å². The van der Waals surface area contributed by atoms with E-state index >= 15 is 0 Å². The van der Waals surface area contributed by atoms with Crippen molar-refractivity contribution in [2.45, 2.75) is 84.0 Å². The summed E-state index contributed by atoms with van der Waals surface area (Å²) in [5.41, 5.74) is 1.68. The van der Waals surface area contributed by atoms with Crippen LogP contribution < -0.4 is 21.7 Å². The number of H-pyrrole nitrogens is 2. The van der Waals surface area contributed by atoms with E-state index in [1.807, 2.05) is 58.0 Å². The predicted octanol–water partition coefficient (Wildman–Crippen LogP) is 5.74. The van der Waals surface area contributed by atoms with Gasteiger partial charge in [0.2, 0.25) is 17.7 Å². The highest BCUT2D eigenvalue weighted by atomic mass is 35.5. The minimum absolute atomic E-state index is 0.0304. The second-order valence-electron chi connectivity index (χ2n) is 12.5. The molecule has 256 valence electrons. The van der Waals surface area contributed by atoms with Gasteiger partial charge in [0.05, 0.1) is 10.5 Å². The van der Waals surface area contributed by atoms with Crippen molar-refractivity contribution in [1.82, 2.24) is 31.1 Å². The number of amides is 3. The first kappa shape index (κ1) is 35.0. The lowest BCUT2D eigenvalue weighted by atomic mass is 9.78. The zero-order valence-corrected chi connectivity index (χ0v) is 28.8. The molecule has 0 saturated heterocycles. The molecule has 2 heterocycles. The molecule has 0 radical (unpaired) electrons. The fourth-order valence-corrected chi connectivity index (χ4v) is 6.61. The summed E-state index contributed by atoms with van der Waals surface area (Å²) in [6.45, 7) is 7.62. The van der Waals surface area contributed by atoms with Gasteiger partial charge in [-0.2, -0.15) is 0 Å². The highest BCUT2D eigenvalue weighted by Gasteiger charge is 2.47. The van der Waals surface area contributed by atoms with Crippen LogP contribution in [0, 0.1) is 11.8 Å². The Morgan fingerprint density at radius 2 is 1.79 bits per heavy atom. The van der Waals surface area contributed by atoms with Gasteiger partial charge in [0.15, 0.2) is 0 Å². The first-order chi connectivity index (χ1) is 22.9. The van der Waals surface area contributed by atoms with Gasteiger partial charge in [-0.25, -0.2) is 14.7 Å². The molecule has 14 heteroatoms. The molecule has 3 amide bonds. The van der Waals surface area contributed by atoms with E-state index in [1.54, 1.807) is 12.1 Å². The molecule has 12 nitrogen and oxygen atoms in total. The average Bonchev–Trinajstić information content (AvgIpc) is 3.67. The fraction of sp³-hybridized carbons (Fsp3) is 0.441. The number of rotatable bonds is 12. The number of hydrogen-bond acceptors (Lipinski definition) is 7. The summed E-state index contributed by atoms with van der Waals surface area (Å²) in [5, 5.41) is 16.7. The van der Waals surface area contributed by atoms with Crippen LogP contribution in [-0.4, -0.2) is 44.7 Å². The molecule has 48 heavy (non-hydrogen) atoms. The van der Waals surface area contributed by atoms with Crippen LogP contribution in [0.5, 0.6) is 0 Å². The summed E-state index contributed by atoms with van der Waals surface area (Å²) in [6.07, 6.45) is 1.16. The van der Waals surface area contributed by atoms with Crippen LogP contribution in [0.3, 0.4) is 0 Å². The second-order valence-corrected chi connectivity index (χ2v) is 13.3. The van der Waals surface area contributed by atoms with E-state index in [-0.39, 0.29) is 37.2 Å². The Morgan fingerprint density at radius 1 is 1.06 bits per heavy atom. The molecular weight excluding hydrogens is 659 g/mol. The normalized spacial score (nSPS) is 18.3. The van der Waals surface area contributed by atoms with Crippen LogP contribution in [0.15, 0.2) is 51.7 Å². The molecule has 2 aromatic heterocycles. The molecule has 2 unspecified atom stereocenters. The van der Waals surface area contributed by atoms with Gasteiger partial charge < -0.3 is 30.1 Å². The maximum absolute atomic E-state index is 14.6. The van der Waals surface area contributed by atoms with Gasteiger partial charge in [-0.1, -0.05) is 94.1 Å². The van der Waals surface area contributed by atoms with E-state index in [4.69, 9.17) is 32.4 Å². The smallest absolute Gasteiger partial charge is 0.434 e. The van der Waals surface area contributed by atoms with Crippen molar-refractivity contribution in [3.05, 3.63) is 85.8 Å². The number of aromatic nitrogens is 3. The third-order valence-corrected chi connectivity index (χ3v) is 9.82. The van der Waals surface area contributed by atoms with Crippen molar-refractivity contribution in [1.29, 1.82) is 0 Å². The molecule has 1 aliphatic rings. The summed E-state index contributed by atoms with van der Waals surface area (Å²) in [7, 11) is 0. The lowest BCUT2D eigenvalue weighted by Crippen LogP contribution is -2.65. The van der Waals surface area contributed by atoms with Gasteiger partial charge in [0.1, 0.15) is 24.2 Å². The Balaban J connectivity index is 1.48. The molecular formula is C34H40Cl2N6O6. The monoisotopic (exact) mass is 698 g/mol. The van der Waals surface area contributed by atoms with Crippen LogP contribution in [0.1, 0.15) is 75.7 Å². The molecule has 0 bridgehead atoms. The van der Waals surface area contributed by atoms with Crippen molar-refractivity contribution in [3.63, 3.8) is 0 Å². The number of nitrogens with zero attached hydrogens (tertiary/aromatic N) is 1. The summed E-state index contributed by atoms with van der Waals surface area (Å²) in [6, 6.07) is 10.9. The minimum atomic E-state index is -1.47. The lowest BCUT2D eigenvalue weighted by molar-refractivity contribution is -0.136. The molecule has 5 N–H and O–H groups in total. The summed E-state index contributed by atoms with van der Waals surface area (Å²) >= 11 is 12.9. The number of aryl methyl sites for hydroxylation is 1.